The average Bonchev–Trinajstić information content (AvgIpc) is 3.09. The lowest BCUT2D eigenvalue weighted by atomic mass is 10.2. The van der Waals surface area contributed by atoms with Crippen molar-refractivity contribution in [1.82, 2.24) is 4.90 Å². The topological polar surface area (TPSA) is 79.8 Å². The first-order chi connectivity index (χ1) is 11.1. The molecule has 0 atom stereocenters. The molecule has 0 aliphatic carbocycles. The monoisotopic (exact) mass is 335 g/mol. The summed E-state index contributed by atoms with van der Waals surface area (Å²) in [5, 5.41) is 11.5. The number of halogens is 1. The van der Waals surface area contributed by atoms with Gasteiger partial charge in [0.2, 0.25) is 0 Å². The molecule has 1 aromatic heterocycles. The quantitative estimate of drug-likeness (QED) is 0.636. The van der Waals surface area contributed by atoms with Gasteiger partial charge in [-0.15, -0.1) is 0 Å². The second kappa shape index (κ2) is 6.29. The predicted octanol–water partition coefficient (Wildman–Crippen LogP) is 2.80. The van der Waals surface area contributed by atoms with Crippen LogP contribution in [0.2, 0.25) is 5.02 Å². The van der Waals surface area contributed by atoms with Crippen LogP contribution in [0.15, 0.2) is 41.0 Å². The molecule has 0 N–H and O–H groups in total. The van der Waals surface area contributed by atoms with Crippen LogP contribution in [0.25, 0.3) is 0 Å². The molecule has 8 heteroatoms. The second-order valence-electron chi connectivity index (χ2n) is 5.15. The minimum absolute atomic E-state index is 0.0247. The van der Waals surface area contributed by atoms with Crippen LogP contribution in [0.4, 0.5) is 11.4 Å². The number of rotatable bonds is 3. The summed E-state index contributed by atoms with van der Waals surface area (Å²) in [5.74, 6) is 0.135. The molecular formula is C15H14ClN3O4. The molecule has 3 rings (SSSR count). The first kappa shape index (κ1) is 15.4. The van der Waals surface area contributed by atoms with E-state index in [1.54, 1.807) is 29.2 Å². The molecule has 0 saturated carbocycles. The molecule has 2 heterocycles. The Kier molecular flexibility index (Phi) is 4.20. The fraction of sp³-hybridized carbons (Fsp3) is 0.267. The number of amides is 1. The third kappa shape index (κ3) is 3.14. The van der Waals surface area contributed by atoms with Gasteiger partial charge in [-0.05, 0) is 24.3 Å². The molecule has 0 spiro atoms. The maximum atomic E-state index is 12.2. The van der Waals surface area contributed by atoms with Crippen molar-refractivity contribution >= 4 is 28.9 Å². The summed E-state index contributed by atoms with van der Waals surface area (Å²) in [6.07, 6.45) is 1.46. The van der Waals surface area contributed by atoms with Gasteiger partial charge in [-0.1, -0.05) is 11.6 Å². The number of nitro benzene ring substituents is 1. The number of anilines is 1. The molecule has 1 saturated heterocycles. The van der Waals surface area contributed by atoms with Crippen LogP contribution < -0.4 is 4.90 Å². The van der Waals surface area contributed by atoms with Gasteiger partial charge < -0.3 is 14.2 Å². The van der Waals surface area contributed by atoms with Gasteiger partial charge in [0.05, 0.1) is 11.2 Å². The average molecular weight is 336 g/mol. The summed E-state index contributed by atoms with van der Waals surface area (Å²) in [6, 6.07) is 7.91. The van der Waals surface area contributed by atoms with Crippen LogP contribution in [0.5, 0.6) is 0 Å². The molecule has 0 bridgehead atoms. The number of carbonyl (C=O) groups excluding carboxylic acids is 1. The summed E-state index contributed by atoms with van der Waals surface area (Å²) in [5.41, 5.74) is 0.493. The summed E-state index contributed by atoms with van der Waals surface area (Å²) in [7, 11) is 0. The van der Waals surface area contributed by atoms with Crippen LogP contribution in [-0.2, 0) is 0 Å². The Balaban J connectivity index is 1.72. The highest BCUT2D eigenvalue weighted by Crippen LogP contribution is 2.31. The zero-order valence-electron chi connectivity index (χ0n) is 12.1. The molecule has 23 heavy (non-hydrogen) atoms. The normalized spacial score (nSPS) is 14.8. The van der Waals surface area contributed by atoms with E-state index in [1.807, 2.05) is 4.90 Å². The van der Waals surface area contributed by atoms with E-state index >= 15 is 0 Å². The number of furan rings is 1. The third-order valence-corrected chi connectivity index (χ3v) is 4.01. The Labute approximate surface area is 137 Å². The van der Waals surface area contributed by atoms with E-state index < -0.39 is 4.92 Å². The number of nitrogens with zero attached hydrogens (tertiary/aromatic N) is 3. The fourth-order valence-electron chi connectivity index (χ4n) is 2.62. The predicted molar refractivity (Wildman–Crippen MR) is 84.9 cm³/mol. The summed E-state index contributed by atoms with van der Waals surface area (Å²) in [6.45, 7) is 1.96. The maximum Gasteiger partial charge on any atom is 0.294 e. The molecule has 0 unspecified atom stereocenters. The van der Waals surface area contributed by atoms with Gasteiger partial charge in [-0.25, -0.2) is 0 Å². The highest BCUT2D eigenvalue weighted by molar-refractivity contribution is 6.30. The maximum absolute atomic E-state index is 12.2. The van der Waals surface area contributed by atoms with Gasteiger partial charge in [-0.2, -0.15) is 0 Å². The van der Waals surface area contributed by atoms with Gasteiger partial charge >= 0.3 is 0 Å². The van der Waals surface area contributed by atoms with Gasteiger partial charge in [-0.3, -0.25) is 14.9 Å². The van der Waals surface area contributed by atoms with Gasteiger partial charge in [0, 0.05) is 37.3 Å². The standard InChI is InChI=1S/C15H14ClN3O4/c16-11-3-4-12(13(10-11)19(21)22)17-5-7-18(8-6-17)15(20)14-2-1-9-23-14/h1-4,9-10H,5-8H2. The lowest BCUT2D eigenvalue weighted by Gasteiger charge is -2.35. The molecule has 1 aliphatic rings. The molecule has 7 nitrogen and oxygen atoms in total. The Morgan fingerprint density at radius 2 is 1.96 bits per heavy atom. The van der Waals surface area contributed by atoms with E-state index in [9.17, 15) is 14.9 Å². The lowest BCUT2D eigenvalue weighted by Crippen LogP contribution is -2.48. The highest BCUT2D eigenvalue weighted by Gasteiger charge is 2.27. The van der Waals surface area contributed by atoms with Crippen LogP contribution in [0.1, 0.15) is 10.6 Å². The molecule has 1 aromatic carbocycles. The second-order valence-corrected chi connectivity index (χ2v) is 5.58. The Hall–Kier alpha value is -2.54. The summed E-state index contributed by atoms with van der Waals surface area (Å²) < 4.78 is 5.11. The van der Waals surface area contributed by atoms with E-state index in [0.717, 1.165) is 0 Å². The Bertz CT molecular complexity index is 724. The van der Waals surface area contributed by atoms with Crippen molar-refractivity contribution in [3.05, 3.63) is 57.5 Å². The Morgan fingerprint density at radius 3 is 2.57 bits per heavy atom. The molecule has 1 amide bonds. The zero-order valence-corrected chi connectivity index (χ0v) is 12.9. The molecule has 120 valence electrons. The number of benzene rings is 1. The van der Waals surface area contributed by atoms with Gasteiger partial charge in [0.15, 0.2) is 5.76 Å². The van der Waals surface area contributed by atoms with Crippen LogP contribution in [0, 0.1) is 10.1 Å². The molecule has 1 fully saturated rings. The molecule has 1 aliphatic heterocycles. The summed E-state index contributed by atoms with van der Waals surface area (Å²) >= 11 is 5.84. The number of hydrogen-bond donors (Lipinski definition) is 0. The number of carbonyl (C=O) groups is 1. The van der Waals surface area contributed by atoms with Crippen LogP contribution in [-0.4, -0.2) is 41.9 Å². The summed E-state index contributed by atoms with van der Waals surface area (Å²) in [4.78, 5) is 26.5. The van der Waals surface area contributed by atoms with Crippen molar-refractivity contribution in [2.45, 2.75) is 0 Å². The number of piperazine rings is 1. The van der Waals surface area contributed by atoms with E-state index in [2.05, 4.69) is 0 Å². The van der Waals surface area contributed by atoms with Crippen LogP contribution in [0.3, 0.4) is 0 Å². The van der Waals surface area contributed by atoms with Gasteiger partial charge in [0.1, 0.15) is 5.69 Å². The SMILES string of the molecule is O=C(c1ccco1)N1CCN(c2ccc(Cl)cc2[N+](=O)[O-])CC1. The van der Waals surface area contributed by atoms with Gasteiger partial charge in [0.25, 0.3) is 11.6 Å². The molecule has 2 aromatic rings. The van der Waals surface area contributed by atoms with Crippen molar-refractivity contribution in [3.8, 4) is 0 Å². The lowest BCUT2D eigenvalue weighted by molar-refractivity contribution is -0.384. The molecule has 0 radical (unpaired) electrons. The van der Waals surface area contributed by atoms with Crippen molar-refractivity contribution in [3.63, 3.8) is 0 Å². The van der Waals surface area contributed by atoms with E-state index in [4.69, 9.17) is 16.0 Å². The molecular weight excluding hydrogens is 322 g/mol. The van der Waals surface area contributed by atoms with E-state index in [1.165, 1.54) is 12.3 Å². The minimum Gasteiger partial charge on any atom is -0.459 e. The number of nitro groups is 1. The van der Waals surface area contributed by atoms with E-state index in [-0.39, 0.29) is 11.6 Å². The number of hydrogen-bond acceptors (Lipinski definition) is 5. The van der Waals surface area contributed by atoms with Crippen LogP contribution >= 0.6 is 11.6 Å². The largest absolute Gasteiger partial charge is 0.459 e. The zero-order chi connectivity index (χ0) is 16.4. The van der Waals surface area contributed by atoms with Crippen molar-refractivity contribution in [2.75, 3.05) is 31.1 Å². The first-order valence-corrected chi connectivity index (χ1v) is 7.46. The highest BCUT2D eigenvalue weighted by atomic mass is 35.5. The van der Waals surface area contributed by atoms with E-state index in [0.29, 0.717) is 42.6 Å². The Morgan fingerprint density at radius 1 is 1.22 bits per heavy atom. The fourth-order valence-corrected chi connectivity index (χ4v) is 2.78. The smallest absolute Gasteiger partial charge is 0.294 e. The van der Waals surface area contributed by atoms with Crippen molar-refractivity contribution in [1.29, 1.82) is 0 Å². The van der Waals surface area contributed by atoms with Crippen molar-refractivity contribution in [2.24, 2.45) is 0 Å². The third-order valence-electron chi connectivity index (χ3n) is 3.77. The first-order valence-electron chi connectivity index (χ1n) is 7.08. The van der Waals surface area contributed by atoms with Crippen molar-refractivity contribution < 1.29 is 14.1 Å². The minimum atomic E-state index is -0.443.